The van der Waals surface area contributed by atoms with Crippen molar-refractivity contribution in [1.82, 2.24) is 5.32 Å². The van der Waals surface area contributed by atoms with Crippen molar-refractivity contribution in [2.24, 2.45) is 0 Å². The number of para-hydroxylation sites is 1. The molecule has 0 radical (unpaired) electrons. The zero-order valence-electron chi connectivity index (χ0n) is 12.1. The first-order valence-electron chi connectivity index (χ1n) is 6.85. The summed E-state index contributed by atoms with van der Waals surface area (Å²) in [6.07, 6.45) is 2.51. The summed E-state index contributed by atoms with van der Waals surface area (Å²) in [7, 11) is 0. The Kier molecular flexibility index (Phi) is 5.57. The summed E-state index contributed by atoms with van der Waals surface area (Å²) in [5.74, 6) is -2.02. The minimum atomic E-state index is -0.658. The van der Waals surface area contributed by atoms with E-state index < -0.39 is 17.5 Å². The molecule has 0 aliphatic rings. The second-order valence-electron chi connectivity index (χ2n) is 4.72. The molecule has 0 saturated heterocycles. The summed E-state index contributed by atoms with van der Waals surface area (Å²) >= 11 is 0. The second kappa shape index (κ2) is 7.84. The van der Waals surface area contributed by atoms with E-state index in [1.165, 1.54) is 12.3 Å². The van der Waals surface area contributed by atoms with Crippen LogP contribution in [0.3, 0.4) is 0 Å². The van der Waals surface area contributed by atoms with Crippen LogP contribution in [-0.4, -0.2) is 11.7 Å². The minimum absolute atomic E-state index is 0.0540. The van der Waals surface area contributed by atoms with Crippen LogP contribution in [0.1, 0.15) is 5.56 Å². The Morgan fingerprint density at radius 1 is 1.13 bits per heavy atom. The molecule has 2 rings (SSSR count). The Hall–Kier alpha value is -3.02. The molecule has 0 aliphatic carbocycles. The van der Waals surface area contributed by atoms with Gasteiger partial charge in [0.15, 0.2) is 0 Å². The van der Waals surface area contributed by atoms with E-state index in [1.54, 1.807) is 0 Å². The van der Waals surface area contributed by atoms with Gasteiger partial charge in [0.25, 0.3) is 0 Å². The van der Waals surface area contributed by atoms with Crippen molar-refractivity contribution in [3.63, 3.8) is 0 Å². The van der Waals surface area contributed by atoms with Gasteiger partial charge in [-0.2, -0.15) is 0 Å². The lowest BCUT2D eigenvalue weighted by atomic mass is 10.1. The van der Waals surface area contributed by atoms with Crippen LogP contribution in [-0.2, 0) is 11.2 Å². The van der Waals surface area contributed by atoms with Gasteiger partial charge >= 0.3 is 0 Å². The fourth-order valence-corrected chi connectivity index (χ4v) is 1.84. The molecule has 0 heterocycles. The summed E-state index contributed by atoms with van der Waals surface area (Å²) in [5.41, 5.74) is 0.784. The quantitative estimate of drug-likeness (QED) is 0.586. The first-order chi connectivity index (χ1) is 11.0. The maximum absolute atomic E-state index is 13.4. The Labute approximate surface area is 132 Å². The average Bonchev–Trinajstić information content (AvgIpc) is 2.52. The van der Waals surface area contributed by atoms with Crippen molar-refractivity contribution in [1.29, 1.82) is 5.41 Å². The highest BCUT2D eigenvalue weighted by molar-refractivity contribution is 6.03. The number of hydrogen-bond donors (Lipinski definition) is 3. The third-order valence-corrected chi connectivity index (χ3v) is 2.91. The molecule has 0 bridgehead atoms. The largest absolute Gasteiger partial charge is 0.362 e. The van der Waals surface area contributed by atoms with E-state index in [1.807, 2.05) is 30.3 Å². The molecule has 0 saturated carbocycles. The number of carbonyl (C=O) groups excluding carboxylic acids is 1. The molecule has 4 nitrogen and oxygen atoms in total. The number of benzene rings is 2. The molecule has 3 N–H and O–H groups in total. The summed E-state index contributed by atoms with van der Waals surface area (Å²) in [4.78, 5) is 11.7. The van der Waals surface area contributed by atoms with Gasteiger partial charge in [0.1, 0.15) is 17.5 Å². The van der Waals surface area contributed by atoms with Gasteiger partial charge in [-0.25, -0.2) is 8.78 Å². The maximum atomic E-state index is 13.4. The molecular weight excluding hydrogens is 300 g/mol. The van der Waals surface area contributed by atoms with E-state index in [-0.39, 0.29) is 17.8 Å². The van der Waals surface area contributed by atoms with Crippen LogP contribution in [0.2, 0.25) is 0 Å². The van der Waals surface area contributed by atoms with Crippen molar-refractivity contribution in [2.45, 2.75) is 6.42 Å². The van der Waals surface area contributed by atoms with Crippen molar-refractivity contribution in [3.8, 4) is 0 Å². The van der Waals surface area contributed by atoms with Crippen LogP contribution >= 0.6 is 0 Å². The molecule has 118 valence electrons. The number of halogens is 2. The van der Waals surface area contributed by atoms with Gasteiger partial charge in [-0.3, -0.25) is 10.2 Å². The Morgan fingerprint density at radius 2 is 1.87 bits per heavy atom. The number of amidine groups is 1. The monoisotopic (exact) mass is 315 g/mol. The van der Waals surface area contributed by atoms with Gasteiger partial charge in [0, 0.05) is 17.5 Å². The molecule has 0 aromatic heterocycles. The summed E-state index contributed by atoms with van der Waals surface area (Å²) in [6.45, 7) is 0. The molecule has 0 spiro atoms. The fourth-order valence-electron chi connectivity index (χ4n) is 1.84. The van der Waals surface area contributed by atoms with E-state index >= 15 is 0 Å². The van der Waals surface area contributed by atoms with Gasteiger partial charge in [-0.15, -0.1) is 0 Å². The number of rotatable bonds is 5. The Bertz CT molecular complexity index is 730. The smallest absolute Gasteiger partial charge is 0.230 e. The lowest BCUT2D eigenvalue weighted by Gasteiger charge is -2.05. The first kappa shape index (κ1) is 16.4. The maximum Gasteiger partial charge on any atom is 0.230 e. The van der Waals surface area contributed by atoms with E-state index in [4.69, 9.17) is 5.41 Å². The Morgan fingerprint density at radius 3 is 2.61 bits per heavy atom. The van der Waals surface area contributed by atoms with E-state index in [0.29, 0.717) is 0 Å². The fraction of sp³-hybridized carbons (Fsp3) is 0.0588. The summed E-state index contributed by atoms with van der Waals surface area (Å²) in [5, 5.41) is 12.8. The Balaban J connectivity index is 1.85. The number of amides is 1. The van der Waals surface area contributed by atoms with E-state index in [9.17, 15) is 13.6 Å². The SMILES string of the molecule is N=C(/C=C\Nc1ccccc1)NC(=O)Cc1cc(F)ccc1F. The molecule has 1 amide bonds. The number of anilines is 1. The molecule has 0 atom stereocenters. The highest BCUT2D eigenvalue weighted by atomic mass is 19.1. The molecule has 0 unspecified atom stereocenters. The van der Waals surface area contributed by atoms with Gasteiger partial charge in [0.2, 0.25) is 5.91 Å². The van der Waals surface area contributed by atoms with Gasteiger partial charge in [0.05, 0.1) is 6.42 Å². The van der Waals surface area contributed by atoms with E-state index in [0.717, 1.165) is 23.9 Å². The second-order valence-corrected chi connectivity index (χ2v) is 4.72. The van der Waals surface area contributed by atoms with Crippen molar-refractivity contribution >= 4 is 17.4 Å². The zero-order chi connectivity index (χ0) is 16.7. The van der Waals surface area contributed by atoms with Crippen LogP contribution < -0.4 is 10.6 Å². The third kappa shape index (κ3) is 5.35. The average molecular weight is 315 g/mol. The molecule has 6 heteroatoms. The number of hydrogen-bond acceptors (Lipinski definition) is 3. The number of nitrogens with one attached hydrogen (secondary N) is 3. The molecule has 2 aromatic rings. The molecular formula is C17H15F2N3O. The lowest BCUT2D eigenvalue weighted by molar-refractivity contribution is -0.119. The molecule has 0 fully saturated rings. The normalized spacial score (nSPS) is 10.5. The zero-order valence-corrected chi connectivity index (χ0v) is 12.1. The highest BCUT2D eigenvalue weighted by Gasteiger charge is 2.10. The third-order valence-electron chi connectivity index (χ3n) is 2.91. The van der Waals surface area contributed by atoms with Crippen LogP contribution in [0.25, 0.3) is 0 Å². The summed E-state index contributed by atoms with van der Waals surface area (Å²) in [6, 6.07) is 12.2. The van der Waals surface area contributed by atoms with Gasteiger partial charge in [-0.1, -0.05) is 18.2 Å². The predicted molar refractivity (Wildman–Crippen MR) is 85.1 cm³/mol. The van der Waals surface area contributed by atoms with Crippen molar-refractivity contribution < 1.29 is 13.6 Å². The minimum Gasteiger partial charge on any atom is -0.362 e. The van der Waals surface area contributed by atoms with E-state index in [2.05, 4.69) is 10.6 Å². The first-order valence-corrected chi connectivity index (χ1v) is 6.85. The number of carbonyl (C=O) groups is 1. The van der Waals surface area contributed by atoms with Crippen LogP contribution in [0.4, 0.5) is 14.5 Å². The van der Waals surface area contributed by atoms with Crippen LogP contribution in [0.5, 0.6) is 0 Å². The van der Waals surface area contributed by atoms with Gasteiger partial charge < -0.3 is 10.6 Å². The summed E-state index contributed by atoms with van der Waals surface area (Å²) < 4.78 is 26.5. The van der Waals surface area contributed by atoms with Crippen molar-refractivity contribution in [3.05, 3.63) is 78.0 Å². The molecule has 2 aromatic carbocycles. The predicted octanol–water partition coefficient (Wildman–Crippen LogP) is 3.23. The highest BCUT2D eigenvalue weighted by Crippen LogP contribution is 2.10. The van der Waals surface area contributed by atoms with Crippen LogP contribution in [0.15, 0.2) is 60.8 Å². The van der Waals surface area contributed by atoms with Crippen LogP contribution in [0, 0.1) is 17.0 Å². The van der Waals surface area contributed by atoms with Crippen molar-refractivity contribution in [2.75, 3.05) is 5.32 Å². The lowest BCUT2D eigenvalue weighted by Crippen LogP contribution is -2.30. The topological polar surface area (TPSA) is 65.0 Å². The van der Waals surface area contributed by atoms with Gasteiger partial charge in [-0.05, 0) is 36.4 Å². The standard InChI is InChI=1S/C17H15F2N3O/c18-13-6-7-15(19)12(10-13)11-17(23)22-16(20)8-9-21-14-4-2-1-3-5-14/h1-10,21H,11H2,(H2,20,22,23)/b9-8-. The molecule has 23 heavy (non-hydrogen) atoms. The molecule has 0 aliphatic heterocycles.